The zero-order valence-corrected chi connectivity index (χ0v) is 10.8. The molecule has 2 heterocycles. The second kappa shape index (κ2) is 5.30. The van der Waals surface area contributed by atoms with Crippen molar-refractivity contribution in [2.75, 3.05) is 32.9 Å². The highest BCUT2D eigenvalue weighted by Gasteiger charge is 2.26. The molecule has 0 aromatic carbocycles. The van der Waals surface area contributed by atoms with Crippen molar-refractivity contribution in [3.05, 3.63) is 18.1 Å². The van der Waals surface area contributed by atoms with Crippen LogP contribution >= 0.6 is 0 Å². The van der Waals surface area contributed by atoms with Crippen LogP contribution in [0.25, 0.3) is 0 Å². The van der Waals surface area contributed by atoms with Gasteiger partial charge in [-0.1, -0.05) is 0 Å². The van der Waals surface area contributed by atoms with Gasteiger partial charge >= 0.3 is 0 Å². The predicted octanol–water partition coefficient (Wildman–Crippen LogP) is 0.225. The van der Waals surface area contributed by atoms with Crippen LogP contribution in [0.15, 0.2) is 12.4 Å². The largest absolute Gasteiger partial charge is 0.382 e. The summed E-state index contributed by atoms with van der Waals surface area (Å²) in [5, 5.41) is 0. The fourth-order valence-corrected chi connectivity index (χ4v) is 2.21. The van der Waals surface area contributed by atoms with Crippen molar-refractivity contribution >= 4 is 11.7 Å². The number of aromatic nitrogens is 2. The molecule has 0 radical (unpaired) electrons. The van der Waals surface area contributed by atoms with Gasteiger partial charge in [0.15, 0.2) is 0 Å². The Balaban J connectivity index is 2.09. The number of anilines is 1. The minimum absolute atomic E-state index is 0.0821. The van der Waals surface area contributed by atoms with Gasteiger partial charge in [-0.15, -0.1) is 0 Å². The average molecular weight is 249 g/mol. The molecular formula is C12H19N5O. The number of carbonyl (C=O) groups is 1. The molecule has 1 unspecified atom stereocenters. The first-order chi connectivity index (χ1) is 8.58. The standard InChI is InChI=1S/C12H19N5O/c1-16(2)9-4-3-5-17(8-9)12(18)10-6-14-7-11(13)15-10/h6-7,9H,3-5,8H2,1-2H3,(H2,13,15). The minimum atomic E-state index is -0.0821. The number of nitrogens with zero attached hydrogens (tertiary/aromatic N) is 4. The average Bonchev–Trinajstić information content (AvgIpc) is 2.38. The van der Waals surface area contributed by atoms with Crippen LogP contribution in [0.2, 0.25) is 0 Å². The van der Waals surface area contributed by atoms with Crippen molar-refractivity contribution in [3.8, 4) is 0 Å². The highest BCUT2D eigenvalue weighted by Crippen LogP contribution is 2.15. The van der Waals surface area contributed by atoms with E-state index < -0.39 is 0 Å². The molecule has 6 heteroatoms. The van der Waals surface area contributed by atoms with Gasteiger partial charge in [0.2, 0.25) is 0 Å². The topological polar surface area (TPSA) is 75.3 Å². The summed E-state index contributed by atoms with van der Waals surface area (Å²) in [5.74, 6) is 0.198. The fourth-order valence-electron chi connectivity index (χ4n) is 2.21. The van der Waals surface area contributed by atoms with Crippen molar-refractivity contribution in [1.82, 2.24) is 19.8 Å². The summed E-state index contributed by atoms with van der Waals surface area (Å²) in [7, 11) is 4.08. The number of nitrogen functional groups attached to an aromatic ring is 1. The van der Waals surface area contributed by atoms with Gasteiger partial charge in [-0.05, 0) is 26.9 Å². The number of likely N-dealkylation sites (tertiary alicyclic amines) is 1. The van der Waals surface area contributed by atoms with Crippen LogP contribution in [0.4, 0.5) is 5.82 Å². The van der Waals surface area contributed by atoms with E-state index in [2.05, 4.69) is 14.9 Å². The van der Waals surface area contributed by atoms with Gasteiger partial charge in [-0.25, -0.2) is 4.98 Å². The Bertz CT molecular complexity index is 434. The summed E-state index contributed by atoms with van der Waals surface area (Å²) >= 11 is 0. The summed E-state index contributed by atoms with van der Waals surface area (Å²) in [4.78, 5) is 24.2. The van der Waals surface area contributed by atoms with Crippen LogP contribution in [0.1, 0.15) is 23.3 Å². The van der Waals surface area contributed by atoms with Gasteiger partial charge in [0.25, 0.3) is 5.91 Å². The van der Waals surface area contributed by atoms with Crippen molar-refractivity contribution in [1.29, 1.82) is 0 Å². The molecule has 1 amide bonds. The van der Waals surface area contributed by atoms with Gasteiger partial charge in [0.05, 0.1) is 12.4 Å². The number of amides is 1. The Hall–Kier alpha value is -1.69. The smallest absolute Gasteiger partial charge is 0.274 e. The molecule has 1 atom stereocenters. The van der Waals surface area contributed by atoms with E-state index in [-0.39, 0.29) is 11.7 Å². The zero-order valence-electron chi connectivity index (χ0n) is 10.8. The third-order valence-electron chi connectivity index (χ3n) is 3.29. The lowest BCUT2D eigenvalue weighted by molar-refractivity contribution is 0.0629. The van der Waals surface area contributed by atoms with Crippen LogP contribution in [-0.4, -0.2) is 58.9 Å². The lowest BCUT2D eigenvalue weighted by Gasteiger charge is -2.35. The van der Waals surface area contributed by atoms with E-state index in [1.165, 1.54) is 12.4 Å². The van der Waals surface area contributed by atoms with E-state index in [1.807, 2.05) is 19.0 Å². The predicted molar refractivity (Wildman–Crippen MR) is 69.1 cm³/mol. The number of hydrogen-bond acceptors (Lipinski definition) is 5. The molecule has 1 aromatic heterocycles. The third kappa shape index (κ3) is 2.76. The second-order valence-electron chi connectivity index (χ2n) is 4.84. The summed E-state index contributed by atoms with van der Waals surface area (Å²) < 4.78 is 0. The Morgan fingerprint density at radius 1 is 1.50 bits per heavy atom. The van der Waals surface area contributed by atoms with E-state index in [1.54, 1.807) is 0 Å². The first-order valence-corrected chi connectivity index (χ1v) is 6.11. The lowest BCUT2D eigenvalue weighted by atomic mass is 10.0. The molecule has 1 aliphatic heterocycles. The van der Waals surface area contributed by atoms with Gasteiger partial charge in [-0.3, -0.25) is 9.78 Å². The summed E-state index contributed by atoms with van der Waals surface area (Å²) in [5.41, 5.74) is 5.88. The lowest BCUT2D eigenvalue weighted by Crippen LogP contribution is -2.47. The minimum Gasteiger partial charge on any atom is -0.382 e. The molecule has 1 aliphatic rings. The van der Waals surface area contributed by atoms with E-state index >= 15 is 0 Å². The van der Waals surface area contributed by atoms with Crippen LogP contribution in [-0.2, 0) is 0 Å². The second-order valence-corrected chi connectivity index (χ2v) is 4.84. The molecule has 2 rings (SSSR count). The molecule has 1 aromatic rings. The molecule has 0 bridgehead atoms. The van der Waals surface area contributed by atoms with E-state index in [9.17, 15) is 4.79 Å². The molecule has 6 nitrogen and oxygen atoms in total. The maximum absolute atomic E-state index is 12.3. The van der Waals surface area contributed by atoms with Crippen LogP contribution in [0.5, 0.6) is 0 Å². The van der Waals surface area contributed by atoms with Crippen molar-refractivity contribution in [2.45, 2.75) is 18.9 Å². The molecule has 1 saturated heterocycles. The molecule has 98 valence electrons. The summed E-state index contributed by atoms with van der Waals surface area (Å²) in [6.07, 6.45) is 5.05. The molecule has 2 N–H and O–H groups in total. The Kier molecular flexibility index (Phi) is 3.76. The maximum Gasteiger partial charge on any atom is 0.274 e. The van der Waals surface area contributed by atoms with Crippen LogP contribution in [0.3, 0.4) is 0 Å². The number of hydrogen-bond donors (Lipinski definition) is 1. The number of carbonyl (C=O) groups excluding carboxylic acids is 1. The molecule has 0 saturated carbocycles. The maximum atomic E-state index is 12.3. The summed E-state index contributed by atoms with van der Waals surface area (Å²) in [6.45, 7) is 1.52. The van der Waals surface area contributed by atoms with E-state index in [0.29, 0.717) is 11.7 Å². The number of likely N-dealkylation sites (N-methyl/N-ethyl adjacent to an activating group) is 1. The van der Waals surface area contributed by atoms with Crippen molar-refractivity contribution in [3.63, 3.8) is 0 Å². The molecule has 1 fully saturated rings. The first kappa shape index (κ1) is 12.8. The van der Waals surface area contributed by atoms with Gasteiger partial charge in [0, 0.05) is 19.1 Å². The highest BCUT2D eigenvalue weighted by atomic mass is 16.2. The van der Waals surface area contributed by atoms with Gasteiger partial charge < -0.3 is 15.5 Å². The zero-order chi connectivity index (χ0) is 13.1. The normalized spacial score (nSPS) is 20.2. The third-order valence-corrected chi connectivity index (χ3v) is 3.29. The Morgan fingerprint density at radius 2 is 2.28 bits per heavy atom. The van der Waals surface area contributed by atoms with Crippen LogP contribution in [0, 0.1) is 0 Å². The quantitative estimate of drug-likeness (QED) is 0.811. The molecule has 0 spiro atoms. The van der Waals surface area contributed by atoms with E-state index in [4.69, 9.17) is 5.73 Å². The number of piperidine rings is 1. The number of nitrogens with two attached hydrogens (primary N) is 1. The molecule has 18 heavy (non-hydrogen) atoms. The first-order valence-electron chi connectivity index (χ1n) is 6.11. The Morgan fingerprint density at radius 3 is 2.94 bits per heavy atom. The highest BCUT2D eigenvalue weighted by molar-refractivity contribution is 5.92. The SMILES string of the molecule is CN(C)C1CCCN(C(=O)c2cncc(N)n2)C1. The van der Waals surface area contributed by atoms with Gasteiger partial charge in [0.1, 0.15) is 11.5 Å². The molecular weight excluding hydrogens is 230 g/mol. The monoisotopic (exact) mass is 249 g/mol. The van der Waals surface area contributed by atoms with Gasteiger partial charge in [-0.2, -0.15) is 0 Å². The number of rotatable bonds is 2. The van der Waals surface area contributed by atoms with Crippen molar-refractivity contribution < 1.29 is 4.79 Å². The van der Waals surface area contributed by atoms with Crippen molar-refractivity contribution in [2.24, 2.45) is 0 Å². The van der Waals surface area contributed by atoms with Crippen LogP contribution < -0.4 is 5.73 Å². The summed E-state index contributed by atoms with van der Waals surface area (Å²) in [6, 6.07) is 0.414. The van der Waals surface area contributed by atoms with E-state index in [0.717, 1.165) is 25.9 Å². The fraction of sp³-hybridized carbons (Fsp3) is 0.583. The molecule has 0 aliphatic carbocycles. The Labute approximate surface area is 107 Å².